The smallest absolute Gasteiger partial charge is 0.304 e. The average Bonchev–Trinajstić information content (AvgIpc) is 2.29. The van der Waals surface area contributed by atoms with Gasteiger partial charge in [-0.1, -0.05) is 48.0 Å². The van der Waals surface area contributed by atoms with Crippen LogP contribution in [0.25, 0.3) is 0 Å². The zero-order valence-corrected chi connectivity index (χ0v) is 12.7. The van der Waals surface area contributed by atoms with Crippen LogP contribution in [0, 0.1) is 5.41 Å². The largest absolute Gasteiger partial charge is 0.481 e. The highest BCUT2D eigenvalue weighted by molar-refractivity contribution is 9.10. The third-order valence-electron chi connectivity index (χ3n) is 2.85. The summed E-state index contributed by atoms with van der Waals surface area (Å²) in [7, 11) is 0. The molecule has 1 rings (SSSR count). The van der Waals surface area contributed by atoms with E-state index in [9.17, 15) is 9.59 Å². The number of carbonyl (C=O) groups excluding carboxylic acids is 1. The Balaban J connectivity index is 2.47. The maximum absolute atomic E-state index is 11.9. The van der Waals surface area contributed by atoms with Gasteiger partial charge < -0.3 is 10.4 Å². The number of carbonyl (C=O) groups is 2. The minimum absolute atomic E-state index is 0.173. The first kappa shape index (κ1) is 15.7. The Kier molecular flexibility index (Phi) is 5.54. The Labute approximate surface area is 121 Å². The molecule has 1 aromatic rings. The fourth-order valence-corrected chi connectivity index (χ4v) is 2.19. The Bertz CT molecular complexity index is 472. The summed E-state index contributed by atoms with van der Waals surface area (Å²) in [5.41, 5.74) is 0.221. The van der Waals surface area contributed by atoms with Crippen LogP contribution in [0.15, 0.2) is 28.7 Å². The van der Waals surface area contributed by atoms with Crippen LogP contribution in [0.5, 0.6) is 0 Å². The molecule has 2 N–H and O–H groups in total. The second-order valence-electron chi connectivity index (χ2n) is 5.05. The molecule has 0 atom stereocenters. The Hall–Kier alpha value is -1.36. The van der Waals surface area contributed by atoms with Gasteiger partial charge in [0.25, 0.3) is 0 Å². The summed E-state index contributed by atoms with van der Waals surface area (Å²) in [6, 6.07) is 7.81. The van der Waals surface area contributed by atoms with Crippen molar-refractivity contribution in [3.05, 3.63) is 34.3 Å². The van der Waals surface area contributed by atoms with Gasteiger partial charge in [0.15, 0.2) is 0 Å². The molecule has 0 radical (unpaired) electrons. The number of hydrogen-bond donors (Lipinski definition) is 2. The predicted molar refractivity (Wildman–Crippen MR) is 76.9 cm³/mol. The van der Waals surface area contributed by atoms with Crippen molar-refractivity contribution in [3.8, 4) is 0 Å². The minimum atomic E-state index is -0.967. The molecule has 4 nitrogen and oxygen atoms in total. The lowest BCUT2D eigenvalue weighted by Gasteiger charge is -2.21. The number of carboxylic acids is 1. The van der Waals surface area contributed by atoms with E-state index in [1.165, 1.54) is 0 Å². The normalized spacial score (nSPS) is 11.1. The summed E-state index contributed by atoms with van der Waals surface area (Å²) >= 11 is 3.45. The molecule has 0 unspecified atom stereocenters. The van der Waals surface area contributed by atoms with Crippen molar-refractivity contribution in [3.63, 3.8) is 0 Å². The molecule has 0 heterocycles. The Morgan fingerprint density at radius 2 is 1.95 bits per heavy atom. The maximum atomic E-state index is 11.9. The zero-order valence-electron chi connectivity index (χ0n) is 11.1. The highest BCUT2D eigenvalue weighted by Crippen LogP contribution is 2.20. The summed E-state index contributed by atoms with van der Waals surface area (Å²) in [6.45, 7) is 3.76. The number of rotatable bonds is 6. The average molecular weight is 328 g/mol. The molecular formula is C14H18BrNO3. The number of halogens is 1. The molecule has 0 fully saturated rings. The van der Waals surface area contributed by atoms with E-state index in [4.69, 9.17) is 5.11 Å². The molecule has 104 valence electrons. The summed E-state index contributed by atoms with van der Waals surface area (Å²) in [5, 5.41) is 11.5. The number of aliphatic carboxylic acids is 1. The van der Waals surface area contributed by atoms with Crippen LogP contribution in [0.2, 0.25) is 0 Å². The molecule has 0 saturated heterocycles. The van der Waals surface area contributed by atoms with Gasteiger partial charge in [0.05, 0.1) is 11.8 Å². The lowest BCUT2D eigenvalue weighted by molar-refractivity contribution is -0.144. The first-order chi connectivity index (χ1) is 8.83. The predicted octanol–water partition coefficient (Wildman–Crippen LogP) is 2.61. The van der Waals surface area contributed by atoms with Crippen LogP contribution in [0.3, 0.4) is 0 Å². The number of nitrogens with one attached hydrogen (secondary N) is 1. The van der Waals surface area contributed by atoms with E-state index in [-0.39, 0.29) is 12.3 Å². The highest BCUT2D eigenvalue weighted by Gasteiger charge is 2.29. The van der Waals surface area contributed by atoms with Gasteiger partial charge in [0, 0.05) is 11.0 Å². The zero-order chi connectivity index (χ0) is 14.5. The Morgan fingerprint density at radius 1 is 1.32 bits per heavy atom. The van der Waals surface area contributed by atoms with E-state index >= 15 is 0 Å². The summed E-state index contributed by atoms with van der Waals surface area (Å²) in [4.78, 5) is 22.6. The fourth-order valence-electron chi connectivity index (χ4n) is 1.71. The number of benzene rings is 1. The SMILES string of the molecule is CC(C)(CC(=O)O)C(=O)NCCc1ccccc1Br. The third-order valence-corrected chi connectivity index (χ3v) is 3.62. The molecule has 1 amide bonds. The van der Waals surface area contributed by atoms with Gasteiger partial charge in [0.1, 0.15) is 0 Å². The first-order valence-corrected chi connectivity index (χ1v) is 6.86. The summed E-state index contributed by atoms with van der Waals surface area (Å²) < 4.78 is 1.01. The van der Waals surface area contributed by atoms with E-state index in [2.05, 4.69) is 21.2 Å². The van der Waals surface area contributed by atoms with Gasteiger partial charge in [-0.25, -0.2) is 0 Å². The lowest BCUT2D eigenvalue weighted by Crippen LogP contribution is -2.39. The molecule has 0 spiro atoms. The summed E-state index contributed by atoms with van der Waals surface area (Å²) in [5.74, 6) is -1.20. The molecule has 0 bridgehead atoms. The van der Waals surface area contributed by atoms with Crippen molar-refractivity contribution in [2.45, 2.75) is 26.7 Å². The van der Waals surface area contributed by atoms with Crippen molar-refractivity contribution in [2.24, 2.45) is 5.41 Å². The highest BCUT2D eigenvalue weighted by atomic mass is 79.9. The second-order valence-corrected chi connectivity index (χ2v) is 5.91. The van der Waals surface area contributed by atoms with Crippen LogP contribution in [0.1, 0.15) is 25.8 Å². The standard InChI is InChI=1S/C14H18BrNO3/c1-14(2,9-12(17)18)13(19)16-8-7-10-5-3-4-6-11(10)15/h3-6H,7-9H2,1-2H3,(H,16,19)(H,17,18). The van der Waals surface area contributed by atoms with Gasteiger partial charge in [-0.2, -0.15) is 0 Å². The molecule has 0 aromatic heterocycles. The van der Waals surface area contributed by atoms with Gasteiger partial charge in [-0.3, -0.25) is 9.59 Å². The number of amides is 1. The van der Waals surface area contributed by atoms with Gasteiger partial charge in [-0.05, 0) is 18.1 Å². The van der Waals surface area contributed by atoms with Crippen molar-refractivity contribution < 1.29 is 14.7 Å². The van der Waals surface area contributed by atoms with Crippen LogP contribution < -0.4 is 5.32 Å². The van der Waals surface area contributed by atoms with E-state index < -0.39 is 11.4 Å². The molecular weight excluding hydrogens is 310 g/mol. The fraction of sp³-hybridized carbons (Fsp3) is 0.429. The van der Waals surface area contributed by atoms with Gasteiger partial charge >= 0.3 is 5.97 Å². The van der Waals surface area contributed by atoms with E-state index in [1.807, 2.05) is 24.3 Å². The second kappa shape index (κ2) is 6.70. The van der Waals surface area contributed by atoms with Crippen LogP contribution >= 0.6 is 15.9 Å². The third kappa shape index (κ3) is 5.03. The number of carboxylic acid groups (broad SMARTS) is 1. The van der Waals surface area contributed by atoms with E-state index in [1.54, 1.807) is 13.8 Å². The molecule has 1 aromatic carbocycles. The Morgan fingerprint density at radius 3 is 2.53 bits per heavy atom. The number of hydrogen-bond acceptors (Lipinski definition) is 2. The van der Waals surface area contributed by atoms with Crippen molar-refractivity contribution in [1.82, 2.24) is 5.32 Å². The maximum Gasteiger partial charge on any atom is 0.304 e. The summed E-state index contributed by atoms with van der Waals surface area (Å²) in [6.07, 6.45) is 0.532. The van der Waals surface area contributed by atoms with Gasteiger partial charge in [0.2, 0.25) is 5.91 Å². The minimum Gasteiger partial charge on any atom is -0.481 e. The van der Waals surface area contributed by atoms with Gasteiger partial charge in [-0.15, -0.1) is 0 Å². The molecule has 0 aliphatic carbocycles. The molecule has 19 heavy (non-hydrogen) atoms. The molecule has 5 heteroatoms. The van der Waals surface area contributed by atoms with Crippen molar-refractivity contribution >= 4 is 27.8 Å². The van der Waals surface area contributed by atoms with E-state index in [0.717, 1.165) is 10.0 Å². The van der Waals surface area contributed by atoms with Crippen LogP contribution in [-0.2, 0) is 16.0 Å². The molecule has 0 saturated carbocycles. The van der Waals surface area contributed by atoms with Crippen molar-refractivity contribution in [2.75, 3.05) is 6.54 Å². The quantitative estimate of drug-likeness (QED) is 0.844. The van der Waals surface area contributed by atoms with Crippen LogP contribution in [0.4, 0.5) is 0 Å². The lowest BCUT2D eigenvalue weighted by atomic mass is 9.88. The first-order valence-electron chi connectivity index (χ1n) is 6.06. The molecule has 0 aliphatic heterocycles. The molecule has 0 aliphatic rings. The monoisotopic (exact) mass is 327 g/mol. The van der Waals surface area contributed by atoms with Crippen molar-refractivity contribution in [1.29, 1.82) is 0 Å². The van der Waals surface area contributed by atoms with Crippen LogP contribution in [-0.4, -0.2) is 23.5 Å². The van der Waals surface area contributed by atoms with E-state index in [0.29, 0.717) is 13.0 Å². The topological polar surface area (TPSA) is 66.4 Å².